The topological polar surface area (TPSA) is 38.3 Å². The molecule has 1 amide bonds. The summed E-state index contributed by atoms with van der Waals surface area (Å²) in [4.78, 5) is 14.1. The van der Waals surface area contributed by atoms with Gasteiger partial charge in [-0.1, -0.05) is 48.2 Å². The Morgan fingerprint density at radius 1 is 0.880 bits per heavy atom. The minimum Gasteiger partial charge on any atom is -0.444 e. The number of nitrogens with one attached hydrogen (secondary N) is 1. The quantitative estimate of drug-likeness (QED) is 0.598. The summed E-state index contributed by atoms with van der Waals surface area (Å²) < 4.78 is 5.29. The van der Waals surface area contributed by atoms with Crippen LogP contribution in [-0.2, 0) is 4.74 Å². The van der Waals surface area contributed by atoms with Crippen LogP contribution in [0.2, 0.25) is 0 Å². The molecule has 0 saturated heterocycles. The van der Waals surface area contributed by atoms with Gasteiger partial charge in [-0.3, -0.25) is 5.32 Å². The Morgan fingerprint density at radius 3 is 2.36 bits per heavy atom. The summed E-state index contributed by atoms with van der Waals surface area (Å²) in [6, 6.07) is 22.5. The van der Waals surface area contributed by atoms with Crippen molar-refractivity contribution in [3.8, 4) is 0 Å². The third-order valence-electron chi connectivity index (χ3n) is 3.44. The van der Waals surface area contributed by atoms with E-state index in [0.717, 1.165) is 15.5 Å². The summed E-state index contributed by atoms with van der Waals surface area (Å²) in [5, 5.41) is 5.23. The minimum atomic E-state index is -0.512. The van der Waals surface area contributed by atoms with Gasteiger partial charge in [0.2, 0.25) is 0 Å². The molecule has 0 fully saturated rings. The van der Waals surface area contributed by atoms with Gasteiger partial charge in [0.05, 0.1) is 0 Å². The molecule has 0 aliphatic heterocycles. The molecular weight excluding hydrogens is 330 g/mol. The second-order valence-corrected chi connectivity index (χ2v) is 7.91. The zero-order valence-electron chi connectivity index (χ0n) is 14.6. The van der Waals surface area contributed by atoms with E-state index in [1.54, 1.807) is 11.8 Å². The van der Waals surface area contributed by atoms with Crippen LogP contribution in [0.4, 0.5) is 10.5 Å². The van der Waals surface area contributed by atoms with Crippen LogP contribution in [-0.4, -0.2) is 11.7 Å². The molecule has 0 unspecified atom stereocenters. The number of amides is 1. The fourth-order valence-corrected chi connectivity index (χ4v) is 3.35. The molecule has 128 valence electrons. The van der Waals surface area contributed by atoms with Crippen molar-refractivity contribution in [2.24, 2.45) is 0 Å². The summed E-state index contributed by atoms with van der Waals surface area (Å²) in [7, 11) is 0. The number of carbonyl (C=O) groups excluding carboxylic acids is 1. The summed E-state index contributed by atoms with van der Waals surface area (Å²) in [5.41, 5.74) is 0.210. The van der Waals surface area contributed by atoms with Crippen molar-refractivity contribution in [2.75, 3.05) is 5.32 Å². The molecule has 3 rings (SSSR count). The molecule has 3 aromatic rings. The van der Waals surface area contributed by atoms with E-state index in [1.165, 1.54) is 10.8 Å². The molecule has 0 spiro atoms. The smallest absolute Gasteiger partial charge is 0.412 e. The van der Waals surface area contributed by atoms with Crippen LogP contribution in [0.5, 0.6) is 0 Å². The number of hydrogen-bond acceptors (Lipinski definition) is 3. The number of ether oxygens (including phenoxy) is 1. The van der Waals surface area contributed by atoms with Gasteiger partial charge < -0.3 is 4.74 Å². The van der Waals surface area contributed by atoms with Crippen LogP contribution in [0, 0.1) is 0 Å². The van der Waals surface area contributed by atoms with Gasteiger partial charge in [-0.15, -0.1) is 0 Å². The summed E-state index contributed by atoms with van der Waals surface area (Å²) in [6.45, 7) is 5.54. The van der Waals surface area contributed by atoms with E-state index in [2.05, 4.69) is 35.6 Å². The fourth-order valence-electron chi connectivity index (χ4n) is 2.43. The molecule has 0 saturated carbocycles. The first-order chi connectivity index (χ1) is 11.9. The molecule has 4 heteroatoms. The first kappa shape index (κ1) is 17.4. The maximum Gasteiger partial charge on any atom is 0.412 e. The average Bonchev–Trinajstić information content (AvgIpc) is 2.53. The first-order valence-corrected chi connectivity index (χ1v) is 8.97. The molecule has 3 nitrogen and oxygen atoms in total. The highest BCUT2D eigenvalue weighted by atomic mass is 32.2. The predicted octanol–water partition coefficient (Wildman–Crippen LogP) is 6.34. The van der Waals surface area contributed by atoms with Gasteiger partial charge in [0.1, 0.15) is 5.60 Å². The zero-order valence-corrected chi connectivity index (χ0v) is 15.4. The largest absolute Gasteiger partial charge is 0.444 e. The Labute approximate surface area is 152 Å². The molecule has 0 aliphatic carbocycles. The Balaban J connectivity index is 1.73. The van der Waals surface area contributed by atoms with Gasteiger partial charge in [0, 0.05) is 15.5 Å². The highest BCUT2D eigenvalue weighted by molar-refractivity contribution is 7.99. The second kappa shape index (κ2) is 7.19. The monoisotopic (exact) mass is 351 g/mol. The lowest BCUT2D eigenvalue weighted by atomic mass is 10.1. The first-order valence-electron chi connectivity index (χ1n) is 8.16. The third kappa shape index (κ3) is 5.00. The third-order valence-corrected chi connectivity index (χ3v) is 4.42. The Kier molecular flexibility index (Phi) is 5.00. The van der Waals surface area contributed by atoms with Crippen LogP contribution >= 0.6 is 11.8 Å². The van der Waals surface area contributed by atoms with Gasteiger partial charge in [0.25, 0.3) is 0 Å². The minimum absolute atomic E-state index is 0.444. The van der Waals surface area contributed by atoms with Crippen molar-refractivity contribution in [3.63, 3.8) is 0 Å². The highest BCUT2D eigenvalue weighted by Crippen LogP contribution is 2.31. The SMILES string of the molecule is CC(C)(C)OC(=O)Nc1cccc(Sc2ccc3ccccc3c2)c1. The average molecular weight is 351 g/mol. The summed E-state index contributed by atoms with van der Waals surface area (Å²) >= 11 is 1.66. The van der Waals surface area contributed by atoms with Crippen molar-refractivity contribution in [2.45, 2.75) is 36.2 Å². The van der Waals surface area contributed by atoms with Crippen molar-refractivity contribution in [1.29, 1.82) is 0 Å². The van der Waals surface area contributed by atoms with Crippen molar-refractivity contribution in [3.05, 3.63) is 66.7 Å². The van der Waals surface area contributed by atoms with Crippen LogP contribution in [0.3, 0.4) is 0 Å². The lowest BCUT2D eigenvalue weighted by molar-refractivity contribution is 0.0636. The standard InChI is InChI=1S/C21H21NO2S/c1-21(2,3)24-20(23)22-17-9-6-10-18(14-17)25-19-12-11-15-7-4-5-8-16(15)13-19/h4-14H,1-3H3,(H,22,23). The fraction of sp³-hybridized carbons (Fsp3) is 0.190. The van der Waals surface area contributed by atoms with E-state index in [1.807, 2.05) is 57.2 Å². The Morgan fingerprint density at radius 2 is 1.60 bits per heavy atom. The number of fused-ring (bicyclic) bond motifs is 1. The summed E-state index contributed by atoms with van der Waals surface area (Å²) in [5.74, 6) is 0. The maximum absolute atomic E-state index is 11.9. The molecule has 0 radical (unpaired) electrons. The summed E-state index contributed by atoms with van der Waals surface area (Å²) in [6.07, 6.45) is -0.444. The molecule has 1 N–H and O–H groups in total. The van der Waals surface area contributed by atoms with E-state index in [4.69, 9.17) is 4.74 Å². The van der Waals surface area contributed by atoms with Crippen molar-refractivity contribution < 1.29 is 9.53 Å². The van der Waals surface area contributed by atoms with Crippen molar-refractivity contribution in [1.82, 2.24) is 0 Å². The molecule has 0 aliphatic rings. The van der Waals surface area contributed by atoms with Gasteiger partial charge in [-0.05, 0) is 61.9 Å². The van der Waals surface area contributed by atoms with E-state index in [0.29, 0.717) is 0 Å². The van der Waals surface area contributed by atoms with E-state index < -0.39 is 11.7 Å². The number of rotatable bonds is 3. The predicted molar refractivity (Wildman–Crippen MR) is 104 cm³/mol. The Bertz CT molecular complexity index is 900. The van der Waals surface area contributed by atoms with Gasteiger partial charge in [-0.2, -0.15) is 0 Å². The number of hydrogen-bond donors (Lipinski definition) is 1. The van der Waals surface area contributed by atoms with Crippen LogP contribution in [0.15, 0.2) is 76.5 Å². The number of carbonyl (C=O) groups is 1. The van der Waals surface area contributed by atoms with Crippen LogP contribution in [0.25, 0.3) is 10.8 Å². The molecule has 0 aromatic heterocycles. The number of anilines is 1. The van der Waals surface area contributed by atoms with Crippen molar-refractivity contribution >= 4 is 34.3 Å². The zero-order chi connectivity index (χ0) is 17.9. The normalized spacial score (nSPS) is 11.3. The lowest BCUT2D eigenvalue weighted by Crippen LogP contribution is -2.27. The molecule has 0 bridgehead atoms. The number of benzene rings is 3. The Hall–Kier alpha value is -2.46. The molecular formula is C21H21NO2S. The maximum atomic E-state index is 11.9. The van der Waals surface area contributed by atoms with E-state index in [9.17, 15) is 4.79 Å². The molecule has 0 heterocycles. The van der Waals surface area contributed by atoms with Gasteiger partial charge >= 0.3 is 6.09 Å². The molecule has 3 aromatic carbocycles. The second-order valence-electron chi connectivity index (χ2n) is 6.77. The van der Waals surface area contributed by atoms with Gasteiger partial charge in [0.15, 0.2) is 0 Å². The molecule has 0 atom stereocenters. The van der Waals surface area contributed by atoms with E-state index in [-0.39, 0.29) is 0 Å². The van der Waals surface area contributed by atoms with Crippen LogP contribution < -0.4 is 5.32 Å². The molecule has 25 heavy (non-hydrogen) atoms. The van der Waals surface area contributed by atoms with Gasteiger partial charge in [-0.25, -0.2) is 4.79 Å². The van der Waals surface area contributed by atoms with E-state index >= 15 is 0 Å². The van der Waals surface area contributed by atoms with Crippen LogP contribution in [0.1, 0.15) is 20.8 Å². The highest BCUT2D eigenvalue weighted by Gasteiger charge is 2.16. The lowest BCUT2D eigenvalue weighted by Gasteiger charge is -2.19.